The average Bonchev–Trinajstić information content (AvgIpc) is 3.21. The average molecular weight is 644 g/mol. The normalized spacial score (nSPS) is 14.8. The van der Waals surface area contributed by atoms with Crippen LogP contribution < -0.4 is 19.6 Å². The highest BCUT2D eigenvalue weighted by Crippen LogP contribution is 2.37. The van der Waals surface area contributed by atoms with Crippen molar-refractivity contribution in [3.05, 3.63) is 98.6 Å². The number of aromatic nitrogens is 1. The van der Waals surface area contributed by atoms with E-state index in [0.717, 1.165) is 16.9 Å². The maximum absolute atomic E-state index is 13.8. The molecule has 13 heteroatoms. The summed E-state index contributed by atoms with van der Waals surface area (Å²) in [5.74, 6) is -1.37. The topological polar surface area (TPSA) is 139 Å². The molecule has 41 heavy (non-hydrogen) atoms. The van der Waals surface area contributed by atoms with Gasteiger partial charge in [0.15, 0.2) is 11.4 Å². The molecular formula is C28H26BrN3O8S. The summed E-state index contributed by atoms with van der Waals surface area (Å²) in [5, 5.41) is 11.8. The molecular weight excluding hydrogens is 618 g/mol. The van der Waals surface area contributed by atoms with E-state index in [-0.39, 0.29) is 33.5 Å². The molecule has 214 valence electrons. The fraction of sp³-hybridized carbons (Fsp3) is 0.286. The Morgan fingerprint density at radius 1 is 1.15 bits per heavy atom. The van der Waals surface area contributed by atoms with Crippen LogP contribution in [0.2, 0.25) is 0 Å². The first-order valence-electron chi connectivity index (χ1n) is 12.6. The number of ether oxygens (including phenoxy) is 3. The molecule has 1 aromatic heterocycles. The van der Waals surface area contributed by atoms with Gasteiger partial charge in [-0.25, -0.2) is 14.6 Å². The van der Waals surface area contributed by atoms with Gasteiger partial charge < -0.3 is 14.2 Å². The van der Waals surface area contributed by atoms with Crippen LogP contribution in [0.15, 0.2) is 61.9 Å². The van der Waals surface area contributed by atoms with E-state index in [4.69, 9.17) is 14.2 Å². The van der Waals surface area contributed by atoms with Crippen LogP contribution in [-0.2, 0) is 19.1 Å². The maximum atomic E-state index is 13.8. The number of hydrogen-bond donors (Lipinski definition) is 0. The van der Waals surface area contributed by atoms with Gasteiger partial charge in [0, 0.05) is 6.07 Å². The number of benzene rings is 2. The first kappa shape index (κ1) is 29.9. The number of hydrogen-bond acceptors (Lipinski definition) is 10. The van der Waals surface area contributed by atoms with Crippen LogP contribution in [0.3, 0.4) is 0 Å². The van der Waals surface area contributed by atoms with Crippen molar-refractivity contribution in [1.29, 1.82) is 0 Å². The second-order valence-corrected chi connectivity index (χ2v) is 10.8. The molecule has 2 heterocycles. The molecule has 0 aliphatic carbocycles. The number of halogens is 1. The Labute approximate surface area is 246 Å². The summed E-state index contributed by atoms with van der Waals surface area (Å²) in [6.07, 6.45) is 1.51. The van der Waals surface area contributed by atoms with Crippen LogP contribution in [0.25, 0.3) is 6.08 Å². The van der Waals surface area contributed by atoms with Gasteiger partial charge in [-0.3, -0.25) is 19.5 Å². The highest BCUT2D eigenvalue weighted by Gasteiger charge is 2.33. The van der Waals surface area contributed by atoms with Crippen molar-refractivity contribution in [2.24, 2.45) is 4.99 Å². The number of fused-ring (bicyclic) bond motifs is 1. The van der Waals surface area contributed by atoms with Crippen molar-refractivity contribution >= 4 is 51.0 Å². The van der Waals surface area contributed by atoms with E-state index in [9.17, 15) is 24.5 Å². The third kappa shape index (κ3) is 6.30. The van der Waals surface area contributed by atoms with Gasteiger partial charge in [-0.05, 0) is 66.9 Å². The fourth-order valence-electron chi connectivity index (χ4n) is 4.30. The zero-order valence-electron chi connectivity index (χ0n) is 22.6. The van der Waals surface area contributed by atoms with Gasteiger partial charge in [0.2, 0.25) is 5.75 Å². The molecule has 1 atom stereocenters. The van der Waals surface area contributed by atoms with E-state index in [1.165, 1.54) is 16.7 Å². The third-order valence-electron chi connectivity index (χ3n) is 6.09. The van der Waals surface area contributed by atoms with Gasteiger partial charge in [0.1, 0.15) is 0 Å². The standard InChI is InChI=1S/C28H26BrN3O8S/c1-5-38-22(33)14-40-25-19(29)11-17(12-20(25)32(36)37)13-21-26(34)31-24(18-9-7-15(3)8-10-18)23(27(35)39-6-2)16(4)30-28(31)41-21/h7-13,24H,5-6,14H2,1-4H3/b21-13-/t24-/m0/s1. The smallest absolute Gasteiger partial charge is 0.344 e. The largest absolute Gasteiger partial charge is 0.474 e. The Morgan fingerprint density at radius 2 is 1.83 bits per heavy atom. The number of carbonyl (C=O) groups excluding carboxylic acids is 2. The summed E-state index contributed by atoms with van der Waals surface area (Å²) in [5.41, 5.74) is 1.93. The number of nitrogens with zero attached hydrogens (tertiary/aromatic N) is 3. The lowest BCUT2D eigenvalue weighted by Crippen LogP contribution is -2.39. The molecule has 11 nitrogen and oxygen atoms in total. The number of allylic oxidation sites excluding steroid dienone is 1. The predicted octanol–water partition coefficient (Wildman–Crippen LogP) is 3.72. The van der Waals surface area contributed by atoms with Crippen LogP contribution in [0.4, 0.5) is 5.69 Å². The van der Waals surface area contributed by atoms with Crippen molar-refractivity contribution in [2.45, 2.75) is 33.7 Å². The zero-order valence-corrected chi connectivity index (χ0v) is 25.0. The highest BCUT2D eigenvalue weighted by atomic mass is 79.9. The minimum Gasteiger partial charge on any atom is -0.474 e. The number of carbonyl (C=O) groups is 2. The van der Waals surface area contributed by atoms with Crippen LogP contribution in [0.1, 0.15) is 43.5 Å². The quantitative estimate of drug-likeness (QED) is 0.195. The molecule has 0 saturated carbocycles. The molecule has 0 bridgehead atoms. The Morgan fingerprint density at radius 3 is 2.46 bits per heavy atom. The Hall–Kier alpha value is -4.10. The fourth-order valence-corrected chi connectivity index (χ4v) is 5.93. The van der Waals surface area contributed by atoms with Gasteiger partial charge in [0.25, 0.3) is 5.56 Å². The van der Waals surface area contributed by atoms with Gasteiger partial charge >= 0.3 is 17.6 Å². The van der Waals surface area contributed by atoms with E-state index in [2.05, 4.69) is 20.9 Å². The van der Waals surface area contributed by atoms with Crippen molar-refractivity contribution in [2.75, 3.05) is 19.8 Å². The van der Waals surface area contributed by atoms with E-state index in [0.29, 0.717) is 21.6 Å². The summed E-state index contributed by atoms with van der Waals surface area (Å²) in [7, 11) is 0. The first-order chi connectivity index (χ1) is 19.5. The van der Waals surface area contributed by atoms with Gasteiger partial charge in [0.05, 0.1) is 44.5 Å². The summed E-state index contributed by atoms with van der Waals surface area (Å²) in [6, 6.07) is 9.51. The Balaban J connectivity index is 1.85. The molecule has 1 aliphatic heterocycles. The number of nitro groups is 1. The first-order valence-corrected chi connectivity index (χ1v) is 14.2. The number of nitro benzene ring substituents is 1. The van der Waals surface area contributed by atoms with Gasteiger partial charge in [-0.2, -0.15) is 0 Å². The summed E-state index contributed by atoms with van der Waals surface area (Å²) < 4.78 is 17.4. The summed E-state index contributed by atoms with van der Waals surface area (Å²) in [6.45, 7) is 6.77. The van der Waals surface area contributed by atoms with E-state index in [1.807, 2.05) is 31.2 Å². The van der Waals surface area contributed by atoms with Crippen LogP contribution in [0.5, 0.6) is 5.75 Å². The lowest BCUT2D eigenvalue weighted by Gasteiger charge is -2.24. The minimum absolute atomic E-state index is 0.143. The molecule has 4 rings (SSSR count). The predicted molar refractivity (Wildman–Crippen MR) is 155 cm³/mol. The molecule has 0 saturated heterocycles. The second-order valence-electron chi connectivity index (χ2n) is 8.91. The highest BCUT2D eigenvalue weighted by molar-refractivity contribution is 9.10. The molecule has 0 fully saturated rings. The Kier molecular flexibility index (Phi) is 9.18. The van der Waals surface area contributed by atoms with Gasteiger partial charge in [-0.15, -0.1) is 0 Å². The lowest BCUT2D eigenvalue weighted by atomic mass is 9.95. The van der Waals surface area contributed by atoms with Crippen molar-refractivity contribution < 1.29 is 28.7 Å². The number of esters is 2. The van der Waals surface area contributed by atoms with Crippen molar-refractivity contribution in [1.82, 2.24) is 4.57 Å². The van der Waals surface area contributed by atoms with Gasteiger partial charge in [-0.1, -0.05) is 41.2 Å². The van der Waals surface area contributed by atoms with Crippen LogP contribution >= 0.6 is 27.3 Å². The second kappa shape index (κ2) is 12.6. The molecule has 1 aliphatic rings. The molecule has 2 aromatic carbocycles. The zero-order chi connectivity index (χ0) is 29.8. The minimum atomic E-state index is -0.771. The van der Waals surface area contributed by atoms with Crippen LogP contribution in [0, 0.1) is 17.0 Å². The summed E-state index contributed by atoms with van der Waals surface area (Å²) in [4.78, 5) is 54.6. The summed E-state index contributed by atoms with van der Waals surface area (Å²) >= 11 is 4.38. The molecule has 0 unspecified atom stereocenters. The molecule has 0 amide bonds. The molecule has 3 aromatic rings. The van der Waals surface area contributed by atoms with E-state index >= 15 is 0 Å². The maximum Gasteiger partial charge on any atom is 0.344 e. The van der Waals surface area contributed by atoms with Crippen molar-refractivity contribution in [3.63, 3.8) is 0 Å². The number of aryl methyl sites for hydroxylation is 1. The lowest BCUT2D eigenvalue weighted by molar-refractivity contribution is -0.385. The number of rotatable bonds is 9. The Bertz CT molecular complexity index is 1740. The monoisotopic (exact) mass is 643 g/mol. The molecule has 0 N–H and O–H groups in total. The van der Waals surface area contributed by atoms with E-state index < -0.39 is 40.8 Å². The molecule has 0 radical (unpaired) electrons. The molecule has 0 spiro atoms. The van der Waals surface area contributed by atoms with Crippen molar-refractivity contribution in [3.8, 4) is 5.75 Å². The SMILES string of the molecule is CCOC(=O)COc1c(Br)cc(/C=c2\sc3n(c2=O)[C@@H](c2ccc(C)cc2)C(C(=O)OCC)=C(C)N=3)cc1[N+](=O)[O-]. The van der Waals surface area contributed by atoms with Crippen LogP contribution in [-0.4, -0.2) is 41.2 Å². The van der Waals surface area contributed by atoms with E-state index in [1.54, 1.807) is 26.8 Å². The number of thiazole rings is 1. The third-order valence-corrected chi connectivity index (χ3v) is 7.66.